The summed E-state index contributed by atoms with van der Waals surface area (Å²) in [6, 6.07) is 8.41. The predicted octanol–water partition coefficient (Wildman–Crippen LogP) is 1.34. The van der Waals surface area contributed by atoms with Gasteiger partial charge in [-0.05, 0) is 24.0 Å². The quantitative estimate of drug-likeness (QED) is 0.351. The number of hydrogen-bond acceptors (Lipinski definition) is 5. The van der Waals surface area contributed by atoms with Gasteiger partial charge in [-0.2, -0.15) is 5.10 Å². The van der Waals surface area contributed by atoms with Gasteiger partial charge in [-0.25, -0.2) is 9.67 Å². The minimum atomic E-state index is -0.237. The fourth-order valence-corrected chi connectivity index (χ4v) is 3.97. The topological polar surface area (TPSA) is 87.9 Å². The number of amides is 1. The molecule has 1 N–H and O–H groups in total. The van der Waals surface area contributed by atoms with Gasteiger partial charge >= 0.3 is 0 Å². The highest BCUT2D eigenvalue weighted by Crippen LogP contribution is 2.16. The van der Waals surface area contributed by atoms with Crippen molar-refractivity contribution in [3.05, 3.63) is 48.0 Å². The van der Waals surface area contributed by atoms with Gasteiger partial charge in [0.2, 0.25) is 0 Å². The van der Waals surface area contributed by atoms with E-state index in [1.165, 1.54) is 11.1 Å². The lowest BCUT2D eigenvalue weighted by Crippen LogP contribution is -2.55. The summed E-state index contributed by atoms with van der Waals surface area (Å²) < 4.78 is 7.35. The number of nitrogens with one attached hydrogen (secondary N) is 1. The molecule has 1 unspecified atom stereocenters. The first kappa shape index (κ1) is 23.5. The number of benzene rings is 1. The molecule has 1 aromatic heterocycles. The van der Waals surface area contributed by atoms with Crippen LogP contribution in [0, 0.1) is 0 Å². The zero-order valence-electron chi connectivity index (χ0n) is 17.8. The summed E-state index contributed by atoms with van der Waals surface area (Å²) in [5.74, 6) is 1.00. The number of nitrogens with zero attached hydrogens (tertiary/aromatic N) is 6. The molecule has 2 aliphatic rings. The molecule has 9 nitrogen and oxygen atoms in total. The van der Waals surface area contributed by atoms with Crippen molar-refractivity contribution < 1.29 is 9.53 Å². The van der Waals surface area contributed by atoms with Gasteiger partial charge in [0.25, 0.3) is 5.91 Å². The van der Waals surface area contributed by atoms with Crippen molar-refractivity contribution in [3.63, 3.8) is 0 Å². The number of aromatic nitrogens is 3. The Morgan fingerprint density at radius 1 is 1.23 bits per heavy atom. The molecule has 3 heterocycles. The molecule has 1 atom stereocenters. The zero-order valence-corrected chi connectivity index (χ0v) is 20.1. The van der Waals surface area contributed by atoms with E-state index in [0.717, 1.165) is 31.9 Å². The van der Waals surface area contributed by atoms with E-state index >= 15 is 0 Å². The van der Waals surface area contributed by atoms with Crippen LogP contribution in [-0.4, -0.2) is 82.4 Å². The Labute approximate surface area is 199 Å². The summed E-state index contributed by atoms with van der Waals surface area (Å²) in [6.07, 6.45) is 4.85. The number of rotatable bonds is 5. The Bertz CT molecular complexity index is 860. The van der Waals surface area contributed by atoms with Crippen molar-refractivity contribution in [1.29, 1.82) is 0 Å². The second-order valence-corrected chi connectivity index (χ2v) is 7.63. The van der Waals surface area contributed by atoms with E-state index in [0.29, 0.717) is 32.8 Å². The Hall–Kier alpha value is -2.21. The summed E-state index contributed by atoms with van der Waals surface area (Å²) in [4.78, 5) is 25.1. The van der Waals surface area contributed by atoms with Crippen LogP contribution >= 0.6 is 24.0 Å². The van der Waals surface area contributed by atoms with E-state index < -0.39 is 0 Å². The SMILES string of the molecule is CN=C(NCc1cccc(Cn2cncn2)c1)N1CCN(C(=O)C2CCCO2)CC1.I. The number of guanidine groups is 1. The average molecular weight is 539 g/mol. The molecule has 1 aromatic carbocycles. The molecule has 2 fully saturated rings. The maximum atomic E-state index is 12.5. The normalized spacial score (nSPS) is 19.3. The third-order valence-electron chi connectivity index (χ3n) is 5.56. The van der Waals surface area contributed by atoms with Crippen LogP contribution in [0.15, 0.2) is 41.9 Å². The van der Waals surface area contributed by atoms with Gasteiger partial charge in [0.15, 0.2) is 5.96 Å². The van der Waals surface area contributed by atoms with Crippen LogP contribution in [0.2, 0.25) is 0 Å². The number of halogens is 1. The molecule has 2 aliphatic heterocycles. The Morgan fingerprint density at radius 3 is 2.68 bits per heavy atom. The van der Waals surface area contributed by atoms with Gasteiger partial charge in [-0.1, -0.05) is 24.3 Å². The second kappa shape index (κ2) is 11.4. The highest BCUT2D eigenvalue weighted by Gasteiger charge is 2.30. The van der Waals surface area contributed by atoms with E-state index in [4.69, 9.17) is 4.74 Å². The summed E-state index contributed by atoms with van der Waals surface area (Å²) in [7, 11) is 1.80. The maximum absolute atomic E-state index is 12.5. The maximum Gasteiger partial charge on any atom is 0.251 e. The molecule has 10 heteroatoms. The molecule has 2 saturated heterocycles. The predicted molar refractivity (Wildman–Crippen MR) is 128 cm³/mol. The molecule has 0 saturated carbocycles. The lowest BCUT2D eigenvalue weighted by atomic mass is 10.1. The van der Waals surface area contributed by atoms with E-state index in [2.05, 4.69) is 49.6 Å². The fraction of sp³-hybridized carbons (Fsp3) is 0.524. The highest BCUT2D eigenvalue weighted by molar-refractivity contribution is 14.0. The van der Waals surface area contributed by atoms with Gasteiger partial charge in [0.05, 0.1) is 6.54 Å². The van der Waals surface area contributed by atoms with Crippen molar-refractivity contribution in [2.45, 2.75) is 32.0 Å². The lowest BCUT2D eigenvalue weighted by Gasteiger charge is -2.37. The van der Waals surface area contributed by atoms with Crippen LogP contribution in [0.25, 0.3) is 0 Å². The summed E-state index contributed by atoms with van der Waals surface area (Å²) in [5.41, 5.74) is 2.36. The van der Waals surface area contributed by atoms with E-state index in [1.807, 2.05) is 9.58 Å². The van der Waals surface area contributed by atoms with Crippen LogP contribution in [-0.2, 0) is 22.6 Å². The van der Waals surface area contributed by atoms with E-state index in [1.54, 1.807) is 19.7 Å². The standard InChI is InChI=1S/C21H29N7O2.HI/c1-22-21(27-9-7-26(8-10-27)20(29)19-6-3-11-30-19)24-13-17-4-2-5-18(12-17)14-28-16-23-15-25-28;/h2,4-5,12,15-16,19H,3,6-11,13-14H2,1H3,(H,22,24);1H. The van der Waals surface area contributed by atoms with Gasteiger partial charge in [0, 0.05) is 46.4 Å². The van der Waals surface area contributed by atoms with Gasteiger partial charge in [-0.3, -0.25) is 9.79 Å². The van der Waals surface area contributed by atoms with E-state index in [9.17, 15) is 4.79 Å². The monoisotopic (exact) mass is 539 g/mol. The molecular formula is C21H30IN7O2. The first-order valence-electron chi connectivity index (χ1n) is 10.5. The number of hydrogen-bond donors (Lipinski definition) is 1. The van der Waals surface area contributed by atoms with Crippen molar-refractivity contribution in [2.24, 2.45) is 4.99 Å². The molecule has 1 amide bonds. The summed E-state index contributed by atoms with van der Waals surface area (Å²) in [5, 5.41) is 7.62. The summed E-state index contributed by atoms with van der Waals surface area (Å²) in [6.45, 7) is 5.03. The van der Waals surface area contributed by atoms with Crippen molar-refractivity contribution in [1.82, 2.24) is 29.9 Å². The molecule has 2 aromatic rings. The van der Waals surface area contributed by atoms with Crippen molar-refractivity contribution in [3.8, 4) is 0 Å². The van der Waals surface area contributed by atoms with Crippen LogP contribution in [0.1, 0.15) is 24.0 Å². The average Bonchev–Trinajstić information content (AvgIpc) is 3.49. The van der Waals surface area contributed by atoms with Gasteiger partial charge in [-0.15, -0.1) is 24.0 Å². The number of piperazine rings is 1. The molecule has 0 radical (unpaired) electrons. The first-order valence-corrected chi connectivity index (χ1v) is 10.5. The minimum absolute atomic E-state index is 0. The molecule has 31 heavy (non-hydrogen) atoms. The largest absolute Gasteiger partial charge is 0.368 e. The summed E-state index contributed by atoms with van der Waals surface area (Å²) >= 11 is 0. The van der Waals surface area contributed by atoms with Crippen molar-refractivity contribution in [2.75, 3.05) is 39.8 Å². The van der Waals surface area contributed by atoms with Gasteiger partial charge < -0.3 is 19.9 Å². The number of carbonyl (C=O) groups excluding carboxylic acids is 1. The minimum Gasteiger partial charge on any atom is -0.368 e. The molecule has 0 spiro atoms. The highest BCUT2D eigenvalue weighted by atomic mass is 127. The molecule has 4 rings (SSSR count). The lowest BCUT2D eigenvalue weighted by molar-refractivity contribution is -0.142. The Morgan fingerprint density at radius 2 is 2.00 bits per heavy atom. The molecule has 168 valence electrons. The van der Waals surface area contributed by atoms with Crippen LogP contribution < -0.4 is 5.32 Å². The molecule has 0 aliphatic carbocycles. The van der Waals surface area contributed by atoms with E-state index in [-0.39, 0.29) is 36.0 Å². The smallest absolute Gasteiger partial charge is 0.251 e. The molecular weight excluding hydrogens is 509 g/mol. The number of ether oxygens (including phenoxy) is 1. The van der Waals surface area contributed by atoms with Gasteiger partial charge in [0.1, 0.15) is 18.8 Å². The third-order valence-corrected chi connectivity index (χ3v) is 5.56. The third kappa shape index (κ3) is 6.16. The number of aliphatic imine (C=N–C) groups is 1. The van der Waals surface area contributed by atoms with Crippen molar-refractivity contribution >= 4 is 35.8 Å². The first-order chi connectivity index (χ1) is 14.7. The Balaban J connectivity index is 0.00000272. The van der Waals surface area contributed by atoms with Crippen LogP contribution in [0.4, 0.5) is 0 Å². The zero-order chi connectivity index (χ0) is 20.8. The number of carbonyl (C=O) groups is 1. The fourth-order valence-electron chi connectivity index (χ4n) is 3.97. The van der Waals surface area contributed by atoms with Crippen LogP contribution in [0.3, 0.4) is 0 Å². The Kier molecular flexibility index (Phi) is 8.64. The van der Waals surface area contributed by atoms with Crippen LogP contribution in [0.5, 0.6) is 0 Å². The molecule has 0 bridgehead atoms. The second-order valence-electron chi connectivity index (χ2n) is 7.63.